The van der Waals surface area contributed by atoms with Crippen LogP contribution in [0.1, 0.15) is 28.4 Å². The maximum atomic E-state index is 13.5. The highest BCUT2D eigenvalue weighted by Gasteiger charge is 2.25. The fourth-order valence-electron chi connectivity index (χ4n) is 3.08. The molecule has 4 rings (SSSR count). The first-order chi connectivity index (χ1) is 16.3. The summed E-state index contributed by atoms with van der Waals surface area (Å²) in [5.41, 5.74) is 1.23. The van der Waals surface area contributed by atoms with E-state index in [1.54, 1.807) is 49.4 Å². The zero-order valence-electron chi connectivity index (χ0n) is 17.7. The number of benzene rings is 3. The molecule has 3 aromatic rings. The minimum absolute atomic E-state index is 0.00774. The zero-order valence-corrected chi connectivity index (χ0v) is 20.0. The molecule has 0 saturated carbocycles. The lowest BCUT2D eigenvalue weighted by atomic mass is 10.1. The summed E-state index contributed by atoms with van der Waals surface area (Å²) in [6.07, 6.45) is 1.49. The van der Waals surface area contributed by atoms with Crippen molar-refractivity contribution in [2.24, 2.45) is 4.99 Å². The molecule has 3 aromatic carbocycles. The predicted octanol–water partition coefficient (Wildman–Crippen LogP) is 6.20. The Kier molecular flexibility index (Phi) is 7.09. The zero-order chi connectivity index (χ0) is 24.2. The van der Waals surface area contributed by atoms with E-state index < -0.39 is 17.8 Å². The molecule has 0 spiro atoms. The van der Waals surface area contributed by atoms with Crippen molar-refractivity contribution in [1.29, 1.82) is 0 Å². The largest absolute Gasteiger partial charge is 0.490 e. The maximum Gasteiger partial charge on any atom is 0.363 e. The molecule has 0 aliphatic carbocycles. The molecule has 172 valence electrons. The molecule has 0 aromatic heterocycles. The highest BCUT2D eigenvalue weighted by molar-refractivity contribution is 9.10. The Bertz CT molecular complexity index is 1340. The van der Waals surface area contributed by atoms with E-state index in [9.17, 15) is 14.0 Å². The quantitative estimate of drug-likeness (QED) is 0.210. The molecule has 0 N–H and O–H groups in total. The topological polar surface area (TPSA) is 74.2 Å². The third-order valence-corrected chi connectivity index (χ3v) is 5.44. The molecular weight excluding hydrogens is 529 g/mol. The van der Waals surface area contributed by atoms with E-state index in [1.165, 1.54) is 24.3 Å². The van der Waals surface area contributed by atoms with Gasteiger partial charge in [0.15, 0.2) is 17.2 Å². The lowest BCUT2D eigenvalue weighted by Crippen LogP contribution is -2.10. The predicted molar refractivity (Wildman–Crippen MR) is 129 cm³/mol. The standard InChI is InChI=1S/C25H16BrClFNO5/c1-2-32-21-12-14(10-19(26)22(21)33-24(30)15-6-8-17(27)9-7-15)11-20-25(31)34-23(29-20)16-4-3-5-18(28)13-16/h3-13H,2H2,1H3/b20-11-. The first-order valence-electron chi connectivity index (χ1n) is 10.1. The average molecular weight is 545 g/mol. The van der Waals surface area contributed by atoms with E-state index in [0.717, 1.165) is 0 Å². The Morgan fingerprint density at radius 2 is 1.94 bits per heavy atom. The lowest BCUT2D eigenvalue weighted by molar-refractivity contribution is -0.129. The number of esters is 2. The number of rotatable bonds is 6. The number of carbonyl (C=O) groups is 2. The minimum atomic E-state index is -0.674. The van der Waals surface area contributed by atoms with E-state index >= 15 is 0 Å². The molecule has 6 nitrogen and oxygen atoms in total. The van der Waals surface area contributed by atoms with Gasteiger partial charge in [0, 0.05) is 10.6 Å². The van der Waals surface area contributed by atoms with E-state index in [-0.39, 0.29) is 23.1 Å². The number of halogens is 3. The fourth-order valence-corrected chi connectivity index (χ4v) is 3.75. The maximum absolute atomic E-state index is 13.5. The van der Waals surface area contributed by atoms with Crippen LogP contribution < -0.4 is 9.47 Å². The van der Waals surface area contributed by atoms with Gasteiger partial charge in [0.1, 0.15) is 5.82 Å². The van der Waals surface area contributed by atoms with Gasteiger partial charge in [-0.05, 0) is 89.1 Å². The normalized spacial score (nSPS) is 14.1. The molecule has 0 unspecified atom stereocenters. The van der Waals surface area contributed by atoms with Crippen molar-refractivity contribution in [1.82, 2.24) is 0 Å². The van der Waals surface area contributed by atoms with Crippen molar-refractivity contribution >= 4 is 51.4 Å². The summed E-state index contributed by atoms with van der Waals surface area (Å²) in [5.74, 6) is -1.26. The number of carbonyl (C=O) groups excluding carboxylic acids is 2. The highest BCUT2D eigenvalue weighted by atomic mass is 79.9. The summed E-state index contributed by atoms with van der Waals surface area (Å²) < 4.78 is 30.3. The van der Waals surface area contributed by atoms with Crippen molar-refractivity contribution in [3.8, 4) is 11.5 Å². The first-order valence-corrected chi connectivity index (χ1v) is 11.2. The van der Waals surface area contributed by atoms with Crippen molar-refractivity contribution in [2.45, 2.75) is 6.92 Å². The molecule has 9 heteroatoms. The van der Waals surface area contributed by atoms with Crippen LogP contribution in [-0.4, -0.2) is 24.4 Å². The van der Waals surface area contributed by atoms with Gasteiger partial charge in [0.05, 0.1) is 16.6 Å². The fraction of sp³-hybridized carbons (Fsp3) is 0.0800. The number of aliphatic imine (C=N–C) groups is 1. The molecule has 1 aliphatic rings. The van der Waals surface area contributed by atoms with E-state index in [4.69, 9.17) is 25.8 Å². The summed E-state index contributed by atoms with van der Waals surface area (Å²) in [6, 6.07) is 15.1. The molecule has 0 atom stereocenters. The second-order valence-electron chi connectivity index (χ2n) is 7.01. The molecule has 1 heterocycles. The van der Waals surface area contributed by atoms with Crippen LogP contribution in [-0.2, 0) is 9.53 Å². The molecule has 0 amide bonds. The number of hydrogen-bond donors (Lipinski definition) is 0. The Balaban J connectivity index is 1.64. The van der Waals surface area contributed by atoms with Crippen LogP contribution in [0.4, 0.5) is 4.39 Å². The van der Waals surface area contributed by atoms with Gasteiger partial charge in [-0.15, -0.1) is 0 Å². The summed E-state index contributed by atoms with van der Waals surface area (Å²) in [4.78, 5) is 29.1. The van der Waals surface area contributed by atoms with Crippen LogP contribution in [0.25, 0.3) is 6.08 Å². The minimum Gasteiger partial charge on any atom is -0.490 e. The van der Waals surface area contributed by atoms with Gasteiger partial charge in [0.2, 0.25) is 5.90 Å². The summed E-state index contributed by atoms with van der Waals surface area (Å²) in [6.45, 7) is 2.09. The van der Waals surface area contributed by atoms with Gasteiger partial charge in [0.25, 0.3) is 0 Å². The molecule has 0 bridgehead atoms. The molecule has 1 aliphatic heterocycles. The lowest BCUT2D eigenvalue weighted by Gasteiger charge is -2.13. The summed E-state index contributed by atoms with van der Waals surface area (Å²) in [5, 5.41) is 0.499. The number of ether oxygens (including phenoxy) is 3. The molecular formula is C25H16BrClFNO5. The van der Waals surface area contributed by atoms with E-state index in [1.807, 2.05) is 0 Å². The van der Waals surface area contributed by atoms with Gasteiger partial charge in [-0.2, -0.15) is 0 Å². The van der Waals surface area contributed by atoms with Crippen LogP contribution in [0.2, 0.25) is 5.02 Å². The van der Waals surface area contributed by atoms with Crippen LogP contribution in [0, 0.1) is 5.82 Å². The van der Waals surface area contributed by atoms with Crippen molar-refractivity contribution in [2.75, 3.05) is 6.61 Å². The summed E-state index contributed by atoms with van der Waals surface area (Å²) in [7, 11) is 0. The van der Waals surface area contributed by atoms with Gasteiger partial charge in [-0.3, -0.25) is 0 Å². The third kappa shape index (κ3) is 5.35. The van der Waals surface area contributed by atoms with Crippen molar-refractivity contribution < 1.29 is 28.2 Å². The molecule has 0 fully saturated rings. The SMILES string of the molecule is CCOc1cc(/C=C2\N=C(c3cccc(F)c3)OC2=O)cc(Br)c1OC(=O)c1ccc(Cl)cc1. The van der Waals surface area contributed by atoms with Gasteiger partial charge in [-0.25, -0.2) is 19.0 Å². The molecule has 34 heavy (non-hydrogen) atoms. The van der Waals surface area contributed by atoms with Crippen LogP contribution in [0.3, 0.4) is 0 Å². The average Bonchev–Trinajstić information content (AvgIpc) is 3.17. The Morgan fingerprint density at radius 3 is 2.65 bits per heavy atom. The van der Waals surface area contributed by atoms with Gasteiger partial charge in [-0.1, -0.05) is 17.7 Å². The molecule has 0 saturated heterocycles. The van der Waals surface area contributed by atoms with Crippen molar-refractivity contribution in [3.63, 3.8) is 0 Å². The summed E-state index contributed by atoms with van der Waals surface area (Å²) >= 11 is 9.27. The second-order valence-corrected chi connectivity index (χ2v) is 8.30. The highest BCUT2D eigenvalue weighted by Crippen LogP contribution is 2.38. The third-order valence-electron chi connectivity index (χ3n) is 4.60. The number of cyclic esters (lactones) is 1. The molecule has 0 radical (unpaired) electrons. The first kappa shape index (κ1) is 23.7. The van der Waals surface area contributed by atoms with E-state index in [0.29, 0.717) is 32.8 Å². The van der Waals surface area contributed by atoms with Crippen molar-refractivity contribution in [3.05, 3.63) is 98.4 Å². The number of hydrogen-bond acceptors (Lipinski definition) is 6. The monoisotopic (exact) mass is 543 g/mol. The smallest absolute Gasteiger partial charge is 0.363 e. The second kappa shape index (κ2) is 10.2. The van der Waals surface area contributed by atoms with Gasteiger partial charge >= 0.3 is 11.9 Å². The Hall–Kier alpha value is -3.49. The Morgan fingerprint density at radius 1 is 1.18 bits per heavy atom. The number of nitrogens with zero attached hydrogens (tertiary/aromatic N) is 1. The van der Waals surface area contributed by atoms with E-state index in [2.05, 4.69) is 20.9 Å². The van der Waals surface area contributed by atoms with Crippen LogP contribution in [0.15, 0.2) is 75.8 Å². The Labute approximate surface area is 207 Å². The van der Waals surface area contributed by atoms with Crippen LogP contribution >= 0.6 is 27.5 Å². The van der Waals surface area contributed by atoms with Gasteiger partial charge < -0.3 is 14.2 Å². The van der Waals surface area contributed by atoms with Crippen LogP contribution in [0.5, 0.6) is 11.5 Å².